The van der Waals surface area contributed by atoms with Crippen molar-refractivity contribution in [3.8, 4) is 0 Å². The fourth-order valence-corrected chi connectivity index (χ4v) is 2.03. The van der Waals surface area contributed by atoms with Gasteiger partial charge in [-0.2, -0.15) is 0 Å². The third-order valence-electron chi connectivity index (χ3n) is 2.95. The summed E-state index contributed by atoms with van der Waals surface area (Å²) >= 11 is 0. The number of rotatable bonds is 3. The molecule has 1 aromatic carbocycles. The lowest BCUT2D eigenvalue weighted by atomic mass is 9.88. The molecule has 0 aromatic heterocycles. The second-order valence-corrected chi connectivity index (χ2v) is 4.67. The number of hydrogen-bond acceptors (Lipinski definition) is 3. The maximum Gasteiger partial charge on any atom is 0.123 e. The van der Waals surface area contributed by atoms with E-state index in [0.29, 0.717) is 19.5 Å². The van der Waals surface area contributed by atoms with Crippen molar-refractivity contribution >= 4 is 5.69 Å². The van der Waals surface area contributed by atoms with E-state index in [1.165, 1.54) is 12.1 Å². The number of anilines is 1. The molecule has 0 radical (unpaired) electrons. The van der Waals surface area contributed by atoms with E-state index in [1.54, 1.807) is 6.07 Å². The van der Waals surface area contributed by atoms with Crippen molar-refractivity contribution < 1.29 is 9.50 Å². The van der Waals surface area contributed by atoms with Crippen LogP contribution in [0, 0.1) is 5.82 Å². The highest BCUT2D eigenvalue weighted by molar-refractivity contribution is 5.53. The largest absolute Gasteiger partial charge is 0.387 e. The van der Waals surface area contributed by atoms with Crippen LogP contribution in [0.2, 0.25) is 0 Å². The van der Waals surface area contributed by atoms with Crippen molar-refractivity contribution in [1.29, 1.82) is 0 Å². The van der Waals surface area contributed by atoms with Crippen molar-refractivity contribution in [3.63, 3.8) is 0 Å². The van der Waals surface area contributed by atoms with Gasteiger partial charge in [0, 0.05) is 39.3 Å². The molecule has 0 aliphatic carbocycles. The van der Waals surface area contributed by atoms with Crippen LogP contribution in [-0.4, -0.2) is 37.9 Å². The summed E-state index contributed by atoms with van der Waals surface area (Å²) in [6, 6.07) is 4.70. The SMILES string of the molecule is CN(C)c1ccc(F)cc1CC1(O)CNC1. The molecule has 0 unspecified atom stereocenters. The molecule has 16 heavy (non-hydrogen) atoms. The molecule has 3 nitrogen and oxygen atoms in total. The van der Waals surface area contributed by atoms with E-state index in [2.05, 4.69) is 5.32 Å². The highest BCUT2D eigenvalue weighted by Gasteiger charge is 2.35. The van der Waals surface area contributed by atoms with Gasteiger partial charge in [-0.3, -0.25) is 0 Å². The average molecular weight is 224 g/mol. The normalized spacial score (nSPS) is 18.0. The van der Waals surface area contributed by atoms with Crippen molar-refractivity contribution in [2.75, 3.05) is 32.1 Å². The number of nitrogens with one attached hydrogen (secondary N) is 1. The number of hydrogen-bond donors (Lipinski definition) is 2. The molecule has 0 spiro atoms. The Bertz CT molecular complexity index is 389. The van der Waals surface area contributed by atoms with Crippen LogP contribution < -0.4 is 10.2 Å². The molecule has 1 aliphatic rings. The maximum absolute atomic E-state index is 13.2. The summed E-state index contributed by atoms with van der Waals surface area (Å²) in [5.41, 5.74) is 1.11. The number of benzene rings is 1. The van der Waals surface area contributed by atoms with Crippen LogP contribution >= 0.6 is 0 Å². The van der Waals surface area contributed by atoms with E-state index >= 15 is 0 Å². The third-order valence-corrected chi connectivity index (χ3v) is 2.95. The summed E-state index contributed by atoms with van der Waals surface area (Å²) in [7, 11) is 3.83. The zero-order valence-corrected chi connectivity index (χ0v) is 9.63. The third kappa shape index (κ3) is 2.18. The summed E-state index contributed by atoms with van der Waals surface area (Å²) in [4.78, 5) is 1.93. The molecule has 0 bridgehead atoms. The minimum atomic E-state index is -0.710. The van der Waals surface area contributed by atoms with Gasteiger partial charge in [-0.1, -0.05) is 0 Å². The van der Waals surface area contributed by atoms with Crippen molar-refractivity contribution in [2.24, 2.45) is 0 Å². The fraction of sp³-hybridized carbons (Fsp3) is 0.500. The first-order chi connectivity index (χ1) is 7.50. The molecule has 2 rings (SSSR count). The fourth-order valence-electron chi connectivity index (χ4n) is 2.03. The van der Waals surface area contributed by atoms with Crippen molar-refractivity contribution in [2.45, 2.75) is 12.0 Å². The highest BCUT2D eigenvalue weighted by Crippen LogP contribution is 2.26. The highest BCUT2D eigenvalue weighted by atomic mass is 19.1. The molecule has 1 heterocycles. The van der Waals surface area contributed by atoms with Crippen molar-refractivity contribution in [1.82, 2.24) is 5.32 Å². The zero-order valence-electron chi connectivity index (χ0n) is 9.63. The monoisotopic (exact) mass is 224 g/mol. The van der Waals surface area contributed by atoms with Gasteiger partial charge in [-0.05, 0) is 23.8 Å². The van der Waals surface area contributed by atoms with E-state index in [4.69, 9.17) is 0 Å². The second-order valence-electron chi connectivity index (χ2n) is 4.67. The lowest BCUT2D eigenvalue weighted by Crippen LogP contribution is -2.60. The average Bonchev–Trinajstić information content (AvgIpc) is 2.15. The first-order valence-electron chi connectivity index (χ1n) is 5.39. The van der Waals surface area contributed by atoms with Gasteiger partial charge in [0.2, 0.25) is 0 Å². The van der Waals surface area contributed by atoms with Gasteiger partial charge >= 0.3 is 0 Å². The van der Waals surface area contributed by atoms with Crippen molar-refractivity contribution in [3.05, 3.63) is 29.6 Å². The smallest absolute Gasteiger partial charge is 0.123 e. The molecule has 1 fully saturated rings. The van der Waals surface area contributed by atoms with Crippen LogP contribution in [-0.2, 0) is 6.42 Å². The molecule has 1 saturated heterocycles. The Morgan fingerprint density at radius 2 is 2.12 bits per heavy atom. The molecule has 1 aliphatic heterocycles. The lowest BCUT2D eigenvalue weighted by Gasteiger charge is -2.38. The Kier molecular flexibility index (Phi) is 2.86. The van der Waals surface area contributed by atoms with E-state index in [0.717, 1.165) is 11.3 Å². The molecule has 0 atom stereocenters. The molecule has 2 N–H and O–H groups in total. The minimum absolute atomic E-state index is 0.253. The Morgan fingerprint density at radius 1 is 1.44 bits per heavy atom. The summed E-state index contributed by atoms with van der Waals surface area (Å²) in [5, 5.41) is 13.1. The maximum atomic E-state index is 13.2. The van der Waals surface area contributed by atoms with Gasteiger partial charge in [-0.25, -0.2) is 4.39 Å². The van der Waals surface area contributed by atoms with Crippen LogP contribution in [0.4, 0.5) is 10.1 Å². The van der Waals surface area contributed by atoms with Gasteiger partial charge in [0.15, 0.2) is 0 Å². The lowest BCUT2D eigenvalue weighted by molar-refractivity contribution is -0.00896. The molecular formula is C12H17FN2O. The standard InChI is InChI=1S/C12H17FN2O/c1-15(2)11-4-3-10(13)5-9(11)6-12(16)7-14-8-12/h3-5,14,16H,6-8H2,1-2H3. The van der Waals surface area contributed by atoms with Gasteiger partial charge in [0.1, 0.15) is 5.82 Å². The van der Waals surface area contributed by atoms with E-state index in [1.807, 2.05) is 19.0 Å². The molecule has 1 aromatic rings. The first kappa shape index (κ1) is 11.4. The summed E-state index contributed by atoms with van der Waals surface area (Å²) in [6.07, 6.45) is 0.491. The quantitative estimate of drug-likeness (QED) is 0.796. The Balaban J connectivity index is 2.26. The first-order valence-corrected chi connectivity index (χ1v) is 5.39. The molecule has 4 heteroatoms. The predicted octanol–water partition coefficient (Wildman–Crippen LogP) is 0.769. The Hall–Kier alpha value is -1.13. The number of halogens is 1. The van der Waals surface area contributed by atoms with Crippen LogP contribution in [0.5, 0.6) is 0 Å². The minimum Gasteiger partial charge on any atom is -0.387 e. The topological polar surface area (TPSA) is 35.5 Å². The van der Waals surface area contributed by atoms with Crippen LogP contribution in [0.3, 0.4) is 0 Å². The van der Waals surface area contributed by atoms with Crippen LogP contribution in [0.1, 0.15) is 5.56 Å². The summed E-state index contributed by atoms with van der Waals surface area (Å²) in [6.45, 7) is 1.16. The predicted molar refractivity (Wildman–Crippen MR) is 62.3 cm³/mol. The molecular weight excluding hydrogens is 207 g/mol. The molecule has 0 amide bonds. The Labute approximate surface area is 94.9 Å². The van der Waals surface area contributed by atoms with Gasteiger partial charge in [-0.15, -0.1) is 0 Å². The van der Waals surface area contributed by atoms with E-state index < -0.39 is 5.60 Å². The molecule has 88 valence electrons. The van der Waals surface area contributed by atoms with Crippen LogP contribution in [0.25, 0.3) is 0 Å². The van der Waals surface area contributed by atoms with Gasteiger partial charge in [0.05, 0.1) is 5.60 Å². The van der Waals surface area contributed by atoms with E-state index in [-0.39, 0.29) is 5.82 Å². The van der Waals surface area contributed by atoms with Gasteiger partial charge < -0.3 is 15.3 Å². The number of β-amino-alcohol motifs (C(OH)–C–C–N with tert-alkyl or cyclic N) is 1. The zero-order chi connectivity index (χ0) is 11.8. The number of aliphatic hydroxyl groups is 1. The number of nitrogens with zero attached hydrogens (tertiary/aromatic N) is 1. The second kappa shape index (κ2) is 4.03. The molecule has 0 saturated carbocycles. The Morgan fingerprint density at radius 3 is 2.62 bits per heavy atom. The van der Waals surface area contributed by atoms with Gasteiger partial charge in [0.25, 0.3) is 0 Å². The van der Waals surface area contributed by atoms with Crippen LogP contribution in [0.15, 0.2) is 18.2 Å². The van der Waals surface area contributed by atoms with E-state index in [9.17, 15) is 9.50 Å². The summed E-state index contributed by atoms with van der Waals surface area (Å²) in [5.74, 6) is -0.253. The summed E-state index contributed by atoms with van der Waals surface area (Å²) < 4.78 is 13.2.